The maximum atomic E-state index is 9.33. The standard InChI is InChI=1S/C13H26N2O2Si/c1-5-15-8-6-13(12-14,7-9-15)16-10-11-17-18(2,3)4/h5-11H2,1-4H3. The molecule has 0 saturated carbocycles. The summed E-state index contributed by atoms with van der Waals surface area (Å²) in [5.41, 5.74) is -0.575. The van der Waals surface area contributed by atoms with Crippen LogP contribution in [0.5, 0.6) is 0 Å². The van der Waals surface area contributed by atoms with E-state index in [2.05, 4.69) is 37.5 Å². The van der Waals surface area contributed by atoms with Gasteiger partial charge in [0.05, 0.1) is 19.3 Å². The fourth-order valence-electron chi connectivity index (χ4n) is 2.10. The van der Waals surface area contributed by atoms with Gasteiger partial charge in [-0.15, -0.1) is 0 Å². The SMILES string of the molecule is CCN1CCC(C#N)(OCCO[Si](C)(C)C)CC1. The Labute approximate surface area is 112 Å². The highest BCUT2D eigenvalue weighted by molar-refractivity contribution is 6.69. The minimum atomic E-state index is -1.47. The van der Waals surface area contributed by atoms with Gasteiger partial charge in [-0.25, -0.2) is 0 Å². The van der Waals surface area contributed by atoms with Crippen LogP contribution < -0.4 is 0 Å². The van der Waals surface area contributed by atoms with Crippen LogP contribution in [-0.2, 0) is 9.16 Å². The summed E-state index contributed by atoms with van der Waals surface area (Å²) in [5, 5.41) is 9.33. The number of rotatable bonds is 6. The lowest BCUT2D eigenvalue weighted by molar-refractivity contribution is -0.0529. The number of ether oxygens (including phenoxy) is 1. The van der Waals surface area contributed by atoms with Gasteiger partial charge in [0, 0.05) is 25.9 Å². The molecular weight excluding hydrogens is 244 g/mol. The van der Waals surface area contributed by atoms with E-state index < -0.39 is 13.9 Å². The van der Waals surface area contributed by atoms with Crippen LogP contribution in [-0.4, -0.2) is 51.7 Å². The molecule has 0 spiro atoms. The van der Waals surface area contributed by atoms with Crippen molar-refractivity contribution in [1.82, 2.24) is 4.90 Å². The average Bonchev–Trinajstić information content (AvgIpc) is 2.34. The second-order valence-corrected chi connectivity index (χ2v) is 10.4. The monoisotopic (exact) mass is 270 g/mol. The molecule has 0 aromatic carbocycles. The van der Waals surface area contributed by atoms with Crippen LogP contribution >= 0.6 is 0 Å². The molecule has 1 saturated heterocycles. The number of nitriles is 1. The first-order valence-corrected chi connectivity index (χ1v) is 10.2. The smallest absolute Gasteiger partial charge is 0.183 e. The largest absolute Gasteiger partial charge is 0.415 e. The summed E-state index contributed by atoms with van der Waals surface area (Å²) in [6, 6.07) is 2.37. The van der Waals surface area contributed by atoms with E-state index in [0.29, 0.717) is 13.2 Å². The molecule has 1 rings (SSSR count). The van der Waals surface area contributed by atoms with Gasteiger partial charge in [-0.05, 0) is 26.2 Å². The van der Waals surface area contributed by atoms with Gasteiger partial charge in [0.2, 0.25) is 0 Å². The Bertz CT molecular complexity index is 288. The van der Waals surface area contributed by atoms with Crippen LogP contribution in [0.1, 0.15) is 19.8 Å². The zero-order valence-electron chi connectivity index (χ0n) is 12.2. The lowest BCUT2D eigenvalue weighted by atomic mass is 9.93. The molecule has 0 aromatic rings. The normalized spacial score (nSPS) is 20.6. The summed E-state index contributed by atoms with van der Waals surface area (Å²) in [6.07, 6.45) is 1.62. The van der Waals surface area contributed by atoms with E-state index in [-0.39, 0.29) is 0 Å². The first kappa shape index (κ1) is 15.6. The van der Waals surface area contributed by atoms with Gasteiger partial charge in [0.25, 0.3) is 0 Å². The second kappa shape index (κ2) is 6.67. The van der Waals surface area contributed by atoms with Crippen molar-refractivity contribution >= 4 is 8.32 Å². The fraction of sp³-hybridized carbons (Fsp3) is 0.923. The van der Waals surface area contributed by atoms with Gasteiger partial charge in [0.1, 0.15) is 0 Å². The number of likely N-dealkylation sites (tertiary alicyclic amines) is 1. The summed E-state index contributed by atoms with van der Waals surface area (Å²) in [7, 11) is -1.47. The molecule has 0 aromatic heterocycles. The van der Waals surface area contributed by atoms with E-state index in [1.165, 1.54) is 0 Å². The van der Waals surface area contributed by atoms with E-state index in [1.54, 1.807) is 0 Å². The van der Waals surface area contributed by atoms with E-state index in [4.69, 9.17) is 9.16 Å². The van der Waals surface area contributed by atoms with Gasteiger partial charge in [-0.1, -0.05) is 6.92 Å². The third-order valence-corrected chi connectivity index (χ3v) is 4.38. The first-order valence-electron chi connectivity index (χ1n) is 6.82. The van der Waals surface area contributed by atoms with E-state index in [9.17, 15) is 5.26 Å². The van der Waals surface area contributed by atoms with Gasteiger partial charge < -0.3 is 14.1 Å². The van der Waals surface area contributed by atoms with Crippen molar-refractivity contribution in [3.05, 3.63) is 0 Å². The number of hydrogen-bond donors (Lipinski definition) is 0. The van der Waals surface area contributed by atoms with Crippen molar-refractivity contribution in [2.45, 2.75) is 45.0 Å². The van der Waals surface area contributed by atoms with E-state index in [1.807, 2.05) is 0 Å². The molecule has 18 heavy (non-hydrogen) atoms. The Morgan fingerprint density at radius 1 is 1.22 bits per heavy atom. The Balaban J connectivity index is 2.32. The van der Waals surface area contributed by atoms with Gasteiger partial charge in [0.15, 0.2) is 13.9 Å². The topological polar surface area (TPSA) is 45.5 Å². The van der Waals surface area contributed by atoms with E-state index >= 15 is 0 Å². The summed E-state index contributed by atoms with van der Waals surface area (Å²) >= 11 is 0. The van der Waals surface area contributed by atoms with Crippen molar-refractivity contribution in [1.29, 1.82) is 5.26 Å². The van der Waals surface area contributed by atoms with Crippen LogP contribution in [0, 0.1) is 11.3 Å². The maximum Gasteiger partial charge on any atom is 0.183 e. The highest BCUT2D eigenvalue weighted by Gasteiger charge is 2.35. The molecule has 1 heterocycles. The van der Waals surface area contributed by atoms with Crippen LogP contribution in [0.25, 0.3) is 0 Å². The Morgan fingerprint density at radius 2 is 1.83 bits per heavy atom. The minimum Gasteiger partial charge on any atom is -0.415 e. The van der Waals surface area contributed by atoms with Crippen molar-refractivity contribution in [3.63, 3.8) is 0 Å². The highest BCUT2D eigenvalue weighted by Crippen LogP contribution is 2.25. The number of hydrogen-bond acceptors (Lipinski definition) is 4. The highest BCUT2D eigenvalue weighted by atomic mass is 28.4. The molecule has 0 amide bonds. The number of piperidine rings is 1. The van der Waals surface area contributed by atoms with Crippen LogP contribution in [0.3, 0.4) is 0 Å². The molecular formula is C13H26N2O2Si. The predicted octanol–water partition coefficient (Wildman–Crippen LogP) is 2.23. The molecule has 0 aliphatic carbocycles. The summed E-state index contributed by atoms with van der Waals surface area (Å²) in [4.78, 5) is 2.36. The molecule has 0 bridgehead atoms. The molecule has 1 fully saturated rings. The summed E-state index contributed by atoms with van der Waals surface area (Å²) in [5.74, 6) is 0. The zero-order valence-corrected chi connectivity index (χ0v) is 13.2. The van der Waals surface area contributed by atoms with E-state index in [0.717, 1.165) is 32.5 Å². The third kappa shape index (κ3) is 5.07. The summed E-state index contributed by atoms with van der Waals surface area (Å²) in [6.45, 7) is 12.7. The van der Waals surface area contributed by atoms with Gasteiger partial charge in [-0.2, -0.15) is 5.26 Å². The minimum absolute atomic E-state index is 0.532. The zero-order chi connectivity index (χ0) is 13.6. The van der Waals surface area contributed by atoms with Crippen molar-refractivity contribution in [2.75, 3.05) is 32.8 Å². The molecule has 5 heteroatoms. The first-order chi connectivity index (χ1) is 8.41. The molecule has 4 nitrogen and oxygen atoms in total. The lowest BCUT2D eigenvalue weighted by Crippen LogP contribution is -2.45. The van der Waals surface area contributed by atoms with Gasteiger partial charge >= 0.3 is 0 Å². The quantitative estimate of drug-likeness (QED) is 0.548. The molecule has 0 radical (unpaired) electrons. The second-order valence-electron chi connectivity index (χ2n) is 5.85. The molecule has 1 aliphatic rings. The van der Waals surface area contributed by atoms with Crippen molar-refractivity contribution in [3.8, 4) is 6.07 Å². The van der Waals surface area contributed by atoms with Crippen molar-refractivity contribution < 1.29 is 9.16 Å². The maximum absolute atomic E-state index is 9.33. The van der Waals surface area contributed by atoms with Crippen LogP contribution in [0.15, 0.2) is 0 Å². The Kier molecular flexibility index (Phi) is 5.79. The number of nitrogens with zero attached hydrogens (tertiary/aromatic N) is 2. The predicted molar refractivity (Wildman–Crippen MR) is 74.9 cm³/mol. The molecule has 104 valence electrons. The summed E-state index contributed by atoms with van der Waals surface area (Å²) < 4.78 is 11.6. The fourth-order valence-corrected chi connectivity index (χ4v) is 2.80. The lowest BCUT2D eigenvalue weighted by Gasteiger charge is -2.36. The van der Waals surface area contributed by atoms with Gasteiger partial charge in [-0.3, -0.25) is 0 Å². The molecule has 1 aliphatic heterocycles. The van der Waals surface area contributed by atoms with Crippen LogP contribution in [0.4, 0.5) is 0 Å². The van der Waals surface area contributed by atoms with Crippen LogP contribution in [0.2, 0.25) is 19.6 Å². The Hall–Kier alpha value is -0.413. The molecule has 0 atom stereocenters. The van der Waals surface area contributed by atoms with Crippen molar-refractivity contribution in [2.24, 2.45) is 0 Å². The average molecular weight is 270 g/mol. The molecule has 0 unspecified atom stereocenters. The molecule has 0 N–H and O–H groups in total. The Morgan fingerprint density at radius 3 is 2.28 bits per heavy atom. The third-order valence-electron chi connectivity index (χ3n) is 3.31.